The molecule has 0 saturated carbocycles. The number of pyridine rings is 1. The number of halogens is 2. The fraction of sp³-hybridized carbons (Fsp3) is 0.333. The van der Waals surface area contributed by atoms with Crippen molar-refractivity contribution < 1.29 is 33.4 Å². The van der Waals surface area contributed by atoms with E-state index in [2.05, 4.69) is 10.3 Å². The largest absolute Gasteiger partial charge is 0.480 e. The number of hydrogen-bond acceptors (Lipinski definition) is 6. The van der Waals surface area contributed by atoms with Crippen LogP contribution in [0.4, 0.5) is 9.18 Å². The lowest BCUT2D eigenvalue weighted by molar-refractivity contribution is -0.173. The average Bonchev–Trinajstić information content (AvgIpc) is 3.02. The Hall–Kier alpha value is -3.40. The number of imide groups is 1. The van der Waals surface area contributed by atoms with Crippen LogP contribution >= 0.6 is 11.6 Å². The molecule has 1 aromatic heterocycles. The van der Waals surface area contributed by atoms with Gasteiger partial charge in [0.15, 0.2) is 17.5 Å². The van der Waals surface area contributed by atoms with E-state index < -0.39 is 42.0 Å². The molecule has 1 fully saturated rings. The normalized spacial score (nSPS) is 24.6. The number of hydrogen-bond donors (Lipinski definition) is 2. The molecule has 1 aromatic carbocycles. The second-order valence-electron chi connectivity index (χ2n) is 7.68. The van der Waals surface area contributed by atoms with Gasteiger partial charge in [0.1, 0.15) is 0 Å². The maximum atomic E-state index is 13.9. The monoisotopic (exact) mass is 463 g/mol. The summed E-state index contributed by atoms with van der Waals surface area (Å²) in [6.07, 6.45) is 1.50. The third-order valence-electron chi connectivity index (χ3n) is 5.29. The highest BCUT2D eigenvalue weighted by Gasteiger charge is 2.55. The Bertz CT molecular complexity index is 1110. The molecule has 32 heavy (non-hydrogen) atoms. The van der Waals surface area contributed by atoms with Crippen LogP contribution in [0.15, 0.2) is 36.5 Å². The summed E-state index contributed by atoms with van der Waals surface area (Å²) in [6.45, 7) is 2.76. The first kappa shape index (κ1) is 21.8. The zero-order valence-electron chi connectivity index (χ0n) is 17.0. The van der Waals surface area contributed by atoms with Gasteiger partial charge in [-0.05, 0) is 36.8 Å². The number of nitrogens with one attached hydrogen (secondary N) is 1. The second-order valence-corrected chi connectivity index (χ2v) is 8.12. The van der Waals surface area contributed by atoms with Gasteiger partial charge in [-0.3, -0.25) is 9.78 Å². The average molecular weight is 464 g/mol. The molecule has 0 spiro atoms. The molecule has 4 atom stereocenters. The van der Waals surface area contributed by atoms with Gasteiger partial charge in [0, 0.05) is 30.3 Å². The Labute approximate surface area is 187 Å². The van der Waals surface area contributed by atoms with Crippen molar-refractivity contribution in [2.24, 2.45) is 5.92 Å². The number of alkyl halides is 1. The van der Waals surface area contributed by atoms with Gasteiger partial charge in [-0.25, -0.2) is 14.5 Å². The van der Waals surface area contributed by atoms with Gasteiger partial charge < -0.3 is 19.9 Å². The number of ether oxygens (including phenoxy) is 2. The minimum atomic E-state index is -2.28. The van der Waals surface area contributed by atoms with E-state index in [1.165, 1.54) is 18.3 Å². The zero-order valence-corrected chi connectivity index (χ0v) is 17.8. The molecule has 2 N–H and O–H groups in total. The highest BCUT2D eigenvalue weighted by Crippen LogP contribution is 2.41. The van der Waals surface area contributed by atoms with Gasteiger partial charge in [-0.2, -0.15) is 4.39 Å². The molecule has 0 radical (unpaired) electrons. The summed E-state index contributed by atoms with van der Waals surface area (Å²) in [7, 11) is 0. The lowest BCUT2D eigenvalue weighted by Crippen LogP contribution is -2.68. The number of carboxylic acids is 1. The van der Waals surface area contributed by atoms with Crippen molar-refractivity contribution in [3.63, 3.8) is 0 Å². The molecule has 1 saturated heterocycles. The van der Waals surface area contributed by atoms with Crippen LogP contribution in [0.3, 0.4) is 0 Å². The SMILES string of the molecule is C[C@@H](NC(=O)N1C(=O)[C@H](Cc2cc(Cl)ccn2)[C@H]1C(=O)O)c1ccc2c(c1)OC(C)(F)O2. The molecule has 0 bridgehead atoms. The highest BCUT2D eigenvalue weighted by molar-refractivity contribution is 6.30. The maximum Gasteiger partial charge on any atom is 0.404 e. The van der Waals surface area contributed by atoms with Crippen LogP contribution < -0.4 is 14.8 Å². The van der Waals surface area contributed by atoms with E-state index >= 15 is 0 Å². The summed E-state index contributed by atoms with van der Waals surface area (Å²) in [5, 5.41) is 12.6. The summed E-state index contributed by atoms with van der Waals surface area (Å²) in [4.78, 5) is 41.9. The number of aliphatic carboxylic acids is 1. The molecule has 9 nitrogen and oxygen atoms in total. The number of urea groups is 1. The van der Waals surface area contributed by atoms with Crippen LogP contribution in [-0.2, 0) is 16.0 Å². The number of amides is 3. The first-order valence-corrected chi connectivity index (χ1v) is 10.1. The van der Waals surface area contributed by atoms with Gasteiger partial charge >= 0.3 is 18.0 Å². The van der Waals surface area contributed by atoms with E-state index in [-0.39, 0.29) is 17.9 Å². The van der Waals surface area contributed by atoms with Gasteiger partial charge in [-0.1, -0.05) is 17.7 Å². The molecule has 2 aliphatic rings. The number of nitrogens with zero attached hydrogens (tertiary/aromatic N) is 2. The summed E-state index contributed by atoms with van der Waals surface area (Å²) in [6, 6.07) is 2.63. The van der Waals surface area contributed by atoms with Crippen LogP contribution in [0.25, 0.3) is 0 Å². The molecule has 4 rings (SSSR count). The first-order chi connectivity index (χ1) is 15.1. The van der Waals surface area contributed by atoms with Crippen molar-refractivity contribution in [1.29, 1.82) is 0 Å². The van der Waals surface area contributed by atoms with Crippen molar-refractivity contribution >= 4 is 29.5 Å². The van der Waals surface area contributed by atoms with E-state index in [0.717, 1.165) is 6.92 Å². The maximum absolute atomic E-state index is 13.9. The van der Waals surface area contributed by atoms with Crippen LogP contribution in [0.1, 0.15) is 31.1 Å². The van der Waals surface area contributed by atoms with E-state index in [1.54, 1.807) is 25.1 Å². The summed E-state index contributed by atoms with van der Waals surface area (Å²) >= 11 is 5.92. The van der Waals surface area contributed by atoms with Crippen molar-refractivity contribution in [1.82, 2.24) is 15.2 Å². The summed E-state index contributed by atoms with van der Waals surface area (Å²) < 4.78 is 23.9. The fourth-order valence-electron chi connectivity index (χ4n) is 3.75. The van der Waals surface area contributed by atoms with E-state index in [1.807, 2.05) is 0 Å². The lowest BCUT2D eigenvalue weighted by atomic mass is 9.83. The third kappa shape index (κ3) is 4.05. The smallest absolute Gasteiger partial charge is 0.404 e. The number of rotatable bonds is 5. The topological polar surface area (TPSA) is 118 Å². The molecular weight excluding hydrogens is 445 g/mol. The molecule has 2 aliphatic heterocycles. The number of likely N-dealkylation sites (tertiary alicyclic amines) is 1. The minimum Gasteiger partial charge on any atom is -0.480 e. The van der Waals surface area contributed by atoms with E-state index in [0.29, 0.717) is 21.2 Å². The highest BCUT2D eigenvalue weighted by atomic mass is 35.5. The number of carboxylic acid groups (broad SMARTS) is 1. The fourth-order valence-corrected chi connectivity index (χ4v) is 3.93. The van der Waals surface area contributed by atoms with E-state index in [4.69, 9.17) is 21.1 Å². The number of carbonyl (C=O) groups excluding carboxylic acids is 2. The standard InChI is InChI=1S/C21H19ClFN3O6/c1-10(11-3-4-15-16(7-11)32-21(2,23)31-15)25-20(30)26-17(19(28)29)14(18(26)27)9-13-8-12(22)5-6-24-13/h3-8,10,14,17H,9H2,1-2H3,(H,25,30)(H,28,29)/t10-,14-,17+,21?/m1/s1. The number of fused-ring (bicyclic) bond motifs is 1. The Morgan fingerprint density at radius 2 is 2.03 bits per heavy atom. The Morgan fingerprint density at radius 3 is 2.72 bits per heavy atom. The third-order valence-corrected chi connectivity index (χ3v) is 5.52. The van der Waals surface area contributed by atoms with Crippen molar-refractivity contribution in [2.75, 3.05) is 0 Å². The molecule has 0 aliphatic carbocycles. The van der Waals surface area contributed by atoms with Gasteiger partial charge in [-0.15, -0.1) is 0 Å². The number of aromatic nitrogens is 1. The van der Waals surface area contributed by atoms with Crippen molar-refractivity contribution in [3.05, 3.63) is 52.8 Å². The Morgan fingerprint density at radius 1 is 1.31 bits per heavy atom. The summed E-state index contributed by atoms with van der Waals surface area (Å²) in [5.41, 5.74) is 1.01. The summed E-state index contributed by atoms with van der Waals surface area (Å²) in [5.74, 6) is -2.47. The number of β-lactam (4-membered cyclic amide) rings is 1. The van der Waals surface area contributed by atoms with Gasteiger partial charge in [0.2, 0.25) is 5.91 Å². The molecule has 3 heterocycles. The quantitative estimate of drug-likeness (QED) is 0.654. The molecule has 11 heteroatoms. The van der Waals surface area contributed by atoms with Crippen molar-refractivity contribution in [2.45, 2.75) is 38.4 Å². The minimum absolute atomic E-state index is 0.0415. The van der Waals surface area contributed by atoms with Crippen LogP contribution in [0.5, 0.6) is 11.5 Å². The molecule has 2 aromatic rings. The van der Waals surface area contributed by atoms with Crippen LogP contribution in [0.2, 0.25) is 5.02 Å². The first-order valence-electron chi connectivity index (χ1n) is 9.73. The molecule has 1 unspecified atom stereocenters. The van der Waals surface area contributed by atoms with Gasteiger partial charge in [0.25, 0.3) is 0 Å². The van der Waals surface area contributed by atoms with E-state index in [9.17, 15) is 23.9 Å². The van der Waals surface area contributed by atoms with Crippen LogP contribution in [0, 0.1) is 5.92 Å². The zero-order chi connectivity index (χ0) is 23.2. The molecule has 3 amide bonds. The second kappa shape index (κ2) is 7.94. The molecular formula is C21H19ClFN3O6. The van der Waals surface area contributed by atoms with Crippen LogP contribution in [-0.4, -0.2) is 45.0 Å². The Balaban J connectivity index is 1.45. The molecule has 168 valence electrons. The number of carbonyl (C=O) groups is 3. The predicted molar refractivity (Wildman–Crippen MR) is 109 cm³/mol. The number of benzene rings is 1. The van der Waals surface area contributed by atoms with Gasteiger partial charge in [0.05, 0.1) is 12.0 Å². The Kier molecular flexibility index (Phi) is 5.41. The predicted octanol–water partition coefficient (Wildman–Crippen LogP) is 3.07. The van der Waals surface area contributed by atoms with Crippen molar-refractivity contribution in [3.8, 4) is 11.5 Å². The lowest BCUT2D eigenvalue weighted by Gasteiger charge is -2.43.